The zero-order valence-corrected chi connectivity index (χ0v) is 15.8. The molecule has 0 aliphatic rings. The summed E-state index contributed by atoms with van der Waals surface area (Å²) in [6.07, 6.45) is 2.89. The number of nitrogens with zero attached hydrogens (tertiary/aromatic N) is 2. The molecule has 0 radical (unpaired) electrons. The first-order valence-electron chi connectivity index (χ1n) is 6.71. The lowest BCUT2D eigenvalue weighted by molar-refractivity contribution is 0.689. The molecule has 8 heteroatoms. The van der Waals surface area contributed by atoms with Crippen molar-refractivity contribution in [1.29, 1.82) is 0 Å². The molecular weight excluding hydrogens is 407 g/mol. The van der Waals surface area contributed by atoms with Gasteiger partial charge in [0, 0.05) is 12.7 Å². The van der Waals surface area contributed by atoms with Gasteiger partial charge in [-0.3, -0.25) is 4.68 Å². The fourth-order valence-corrected chi connectivity index (χ4v) is 2.71. The van der Waals surface area contributed by atoms with Crippen LogP contribution >= 0.6 is 51.3 Å². The van der Waals surface area contributed by atoms with E-state index in [0.717, 1.165) is 23.0 Å². The molecule has 0 bridgehead atoms. The van der Waals surface area contributed by atoms with Gasteiger partial charge in [0.05, 0.1) is 21.1 Å². The number of anilines is 1. The van der Waals surface area contributed by atoms with E-state index in [4.69, 9.17) is 35.4 Å². The monoisotopic (exact) mass is 420 g/mol. The van der Waals surface area contributed by atoms with Crippen molar-refractivity contribution in [1.82, 2.24) is 15.1 Å². The Morgan fingerprint density at radius 2 is 2.14 bits per heavy atom. The van der Waals surface area contributed by atoms with E-state index in [1.165, 1.54) is 0 Å². The van der Waals surface area contributed by atoms with Gasteiger partial charge < -0.3 is 10.6 Å². The Balaban J connectivity index is 2.05. The minimum absolute atomic E-state index is 0.536. The Kier molecular flexibility index (Phi) is 6.50. The van der Waals surface area contributed by atoms with Crippen LogP contribution < -0.4 is 10.6 Å². The molecule has 2 N–H and O–H groups in total. The Bertz CT molecular complexity index is 675. The second-order valence-corrected chi connectivity index (χ2v) is 6.73. The second-order valence-electron chi connectivity index (χ2n) is 4.65. The van der Waals surface area contributed by atoms with Gasteiger partial charge in [-0.05, 0) is 52.3 Å². The summed E-state index contributed by atoms with van der Waals surface area (Å²) in [5, 5.41) is 12.3. The number of nitrogens with one attached hydrogen (secondary N) is 2. The third kappa shape index (κ3) is 4.84. The van der Waals surface area contributed by atoms with Gasteiger partial charge >= 0.3 is 0 Å². The summed E-state index contributed by atoms with van der Waals surface area (Å²) >= 11 is 20.6. The molecule has 0 saturated heterocycles. The molecule has 118 valence electrons. The van der Waals surface area contributed by atoms with Gasteiger partial charge in [-0.1, -0.05) is 36.2 Å². The number of benzene rings is 1. The van der Waals surface area contributed by atoms with Gasteiger partial charge in [0.15, 0.2) is 10.9 Å². The van der Waals surface area contributed by atoms with Gasteiger partial charge in [0.1, 0.15) is 0 Å². The molecule has 0 fully saturated rings. The van der Waals surface area contributed by atoms with Crippen molar-refractivity contribution in [2.24, 2.45) is 0 Å². The van der Waals surface area contributed by atoms with Crippen LogP contribution in [0, 0.1) is 0 Å². The average molecular weight is 422 g/mol. The predicted octanol–water partition coefficient (Wildman–Crippen LogP) is 4.70. The molecule has 0 atom stereocenters. The Hall–Kier alpha value is -0.820. The minimum atomic E-state index is 0.536. The van der Waals surface area contributed by atoms with E-state index in [0.29, 0.717) is 27.5 Å². The fourth-order valence-electron chi connectivity index (χ4n) is 1.78. The van der Waals surface area contributed by atoms with Crippen molar-refractivity contribution in [2.45, 2.75) is 19.9 Å². The highest BCUT2D eigenvalue weighted by molar-refractivity contribution is 9.10. The topological polar surface area (TPSA) is 41.9 Å². The zero-order chi connectivity index (χ0) is 16.1. The van der Waals surface area contributed by atoms with Crippen LogP contribution in [0.3, 0.4) is 0 Å². The molecular formula is C14H15BrCl2N4S. The number of hydrogen-bond donors (Lipinski definition) is 2. The van der Waals surface area contributed by atoms with Crippen molar-refractivity contribution in [3.05, 3.63) is 44.5 Å². The van der Waals surface area contributed by atoms with Crippen LogP contribution in [0.2, 0.25) is 10.0 Å². The number of halogens is 3. The van der Waals surface area contributed by atoms with Crippen LogP contribution in [-0.4, -0.2) is 21.4 Å². The molecule has 0 spiro atoms. The Morgan fingerprint density at radius 1 is 1.36 bits per heavy atom. The number of hydrogen-bond acceptors (Lipinski definition) is 2. The number of thiocarbonyl (C=S) groups is 1. The van der Waals surface area contributed by atoms with E-state index in [9.17, 15) is 0 Å². The second kappa shape index (κ2) is 8.15. The predicted molar refractivity (Wildman–Crippen MR) is 100 cm³/mol. The van der Waals surface area contributed by atoms with E-state index < -0.39 is 0 Å². The van der Waals surface area contributed by atoms with Gasteiger partial charge in [0.2, 0.25) is 0 Å². The van der Waals surface area contributed by atoms with Gasteiger partial charge in [-0.15, -0.1) is 0 Å². The highest BCUT2D eigenvalue weighted by atomic mass is 79.9. The van der Waals surface area contributed by atoms with Crippen LogP contribution in [-0.2, 0) is 6.54 Å². The van der Waals surface area contributed by atoms with Crippen molar-refractivity contribution in [2.75, 3.05) is 11.9 Å². The van der Waals surface area contributed by atoms with Crippen LogP contribution in [0.15, 0.2) is 28.9 Å². The third-order valence-corrected chi connectivity index (χ3v) is 4.38. The Morgan fingerprint density at radius 3 is 2.82 bits per heavy atom. The van der Waals surface area contributed by atoms with Gasteiger partial charge in [-0.25, -0.2) is 0 Å². The largest absolute Gasteiger partial charge is 0.362 e. The van der Waals surface area contributed by atoms with Crippen LogP contribution in [0.5, 0.6) is 0 Å². The summed E-state index contributed by atoms with van der Waals surface area (Å²) in [6, 6.07) is 5.53. The molecule has 0 unspecified atom stereocenters. The molecule has 22 heavy (non-hydrogen) atoms. The lowest BCUT2D eigenvalue weighted by Crippen LogP contribution is -2.29. The quantitative estimate of drug-likeness (QED) is 0.686. The van der Waals surface area contributed by atoms with Gasteiger partial charge in [0.25, 0.3) is 0 Å². The molecule has 2 rings (SSSR count). The minimum Gasteiger partial charge on any atom is -0.362 e. The van der Waals surface area contributed by atoms with Crippen LogP contribution in [0.25, 0.3) is 0 Å². The van der Waals surface area contributed by atoms with E-state index in [-0.39, 0.29) is 0 Å². The highest BCUT2D eigenvalue weighted by Crippen LogP contribution is 2.24. The van der Waals surface area contributed by atoms with E-state index in [1.54, 1.807) is 10.7 Å². The summed E-state index contributed by atoms with van der Waals surface area (Å²) < 4.78 is 2.64. The lowest BCUT2D eigenvalue weighted by atomic mass is 10.2. The van der Waals surface area contributed by atoms with E-state index in [1.807, 2.05) is 18.3 Å². The first-order chi connectivity index (χ1) is 10.5. The fraction of sp³-hybridized carbons (Fsp3) is 0.286. The first-order valence-corrected chi connectivity index (χ1v) is 8.67. The average Bonchev–Trinajstić information content (AvgIpc) is 2.80. The summed E-state index contributed by atoms with van der Waals surface area (Å²) in [5.74, 6) is 0.675. The zero-order valence-electron chi connectivity index (χ0n) is 11.9. The summed E-state index contributed by atoms with van der Waals surface area (Å²) in [7, 11) is 0. The van der Waals surface area contributed by atoms with Gasteiger partial charge in [-0.2, -0.15) is 5.10 Å². The molecule has 0 aliphatic heterocycles. The highest BCUT2D eigenvalue weighted by Gasteiger charge is 2.09. The molecule has 1 aromatic heterocycles. The summed E-state index contributed by atoms with van der Waals surface area (Å²) in [4.78, 5) is 0. The maximum atomic E-state index is 6.03. The van der Waals surface area contributed by atoms with Crippen molar-refractivity contribution < 1.29 is 0 Å². The normalized spacial score (nSPS) is 10.5. The number of aromatic nitrogens is 2. The molecule has 0 aliphatic carbocycles. The molecule has 0 saturated carbocycles. The van der Waals surface area contributed by atoms with E-state index in [2.05, 4.69) is 38.6 Å². The van der Waals surface area contributed by atoms with Crippen molar-refractivity contribution >= 4 is 62.3 Å². The Labute approximate surface area is 153 Å². The van der Waals surface area contributed by atoms with Crippen molar-refractivity contribution in [3.63, 3.8) is 0 Å². The summed E-state index contributed by atoms with van der Waals surface area (Å²) in [5.41, 5.74) is 1.02. The first kappa shape index (κ1) is 17.5. The van der Waals surface area contributed by atoms with E-state index >= 15 is 0 Å². The molecule has 0 amide bonds. The molecule has 1 aromatic carbocycles. The SMILES string of the molecule is CCCNC(=S)Nc1nn(Cc2ccc(Cl)c(Cl)c2)cc1Br. The maximum absolute atomic E-state index is 6.03. The third-order valence-electron chi connectivity index (χ3n) is 2.81. The molecule has 1 heterocycles. The summed E-state index contributed by atoms with van der Waals surface area (Å²) in [6.45, 7) is 3.50. The molecule has 2 aromatic rings. The van der Waals surface area contributed by atoms with Crippen LogP contribution in [0.1, 0.15) is 18.9 Å². The number of rotatable bonds is 5. The van der Waals surface area contributed by atoms with Crippen molar-refractivity contribution in [3.8, 4) is 0 Å². The standard InChI is InChI=1S/C14H15BrCl2N4S/c1-2-5-18-14(22)19-13-10(15)8-21(20-13)7-9-3-4-11(16)12(17)6-9/h3-4,6,8H,2,5,7H2,1H3,(H2,18,19,20,22). The maximum Gasteiger partial charge on any atom is 0.172 e. The smallest absolute Gasteiger partial charge is 0.172 e. The lowest BCUT2D eigenvalue weighted by Gasteiger charge is -2.07. The molecule has 4 nitrogen and oxygen atoms in total. The van der Waals surface area contributed by atoms with Crippen LogP contribution in [0.4, 0.5) is 5.82 Å².